The van der Waals surface area contributed by atoms with Gasteiger partial charge in [0.05, 0.1) is 24.7 Å². The fraction of sp³-hybridized carbons (Fsp3) is 0.130. The molecule has 0 aliphatic rings. The smallest absolute Gasteiger partial charge is 0.251 e. The molecular formula is C23H20BrN3O2. The molecular weight excluding hydrogens is 430 g/mol. The quantitative estimate of drug-likeness (QED) is 0.460. The number of carbonyl (C=O) groups excluding carboxylic acids is 1. The number of amides is 1. The highest BCUT2D eigenvalue weighted by atomic mass is 79.9. The highest BCUT2D eigenvalue weighted by Crippen LogP contribution is 2.20. The predicted octanol–water partition coefficient (Wildman–Crippen LogP) is 4.79. The van der Waals surface area contributed by atoms with Gasteiger partial charge in [-0.05, 0) is 48.0 Å². The first kappa shape index (κ1) is 19.2. The molecule has 3 aromatic carbocycles. The van der Waals surface area contributed by atoms with E-state index in [2.05, 4.69) is 37.9 Å². The molecule has 0 saturated heterocycles. The maximum Gasteiger partial charge on any atom is 0.251 e. The van der Waals surface area contributed by atoms with Gasteiger partial charge in [-0.3, -0.25) is 4.79 Å². The van der Waals surface area contributed by atoms with E-state index in [1.807, 2.05) is 42.5 Å². The normalized spacial score (nSPS) is 10.8. The molecule has 146 valence electrons. The Kier molecular flexibility index (Phi) is 5.62. The minimum atomic E-state index is -0.162. The summed E-state index contributed by atoms with van der Waals surface area (Å²) in [6.45, 7) is 1.00. The van der Waals surface area contributed by atoms with Gasteiger partial charge >= 0.3 is 0 Å². The zero-order chi connectivity index (χ0) is 20.2. The molecule has 4 aromatic rings. The van der Waals surface area contributed by atoms with Crippen molar-refractivity contribution in [3.8, 4) is 5.75 Å². The van der Waals surface area contributed by atoms with Crippen molar-refractivity contribution in [2.75, 3.05) is 7.11 Å². The predicted molar refractivity (Wildman–Crippen MR) is 117 cm³/mol. The van der Waals surface area contributed by atoms with Crippen molar-refractivity contribution in [1.29, 1.82) is 0 Å². The molecule has 0 atom stereocenters. The van der Waals surface area contributed by atoms with Crippen LogP contribution in [0.3, 0.4) is 0 Å². The summed E-state index contributed by atoms with van der Waals surface area (Å²) in [6.07, 6.45) is 0. The van der Waals surface area contributed by atoms with Crippen molar-refractivity contribution in [3.05, 3.63) is 94.2 Å². The van der Waals surface area contributed by atoms with Gasteiger partial charge in [0.1, 0.15) is 11.6 Å². The molecule has 1 heterocycles. The number of methoxy groups -OCH3 is 1. The van der Waals surface area contributed by atoms with Crippen LogP contribution in [0.2, 0.25) is 0 Å². The molecule has 5 nitrogen and oxygen atoms in total. The Morgan fingerprint density at radius 1 is 1.07 bits per heavy atom. The number of nitrogens with zero attached hydrogens (tertiary/aromatic N) is 2. The van der Waals surface area contributed by atoms with Crippen LogP contribution in [-0.4, -0.2) is 22.6 Å². The number of ether oxygens (including phenoxy) is 1. The van der Waals surface area contributed by atoms with E-state index >= 15 is 0 Å². The summed E-state index contributed by atoms with van der Waals surface area (Å²) < 4.78 is 8.38. The minimum absolute atomic E-state index is 0.162. The van der Waals surface area contributed by atoms with Crippen LogP contribution in [0.15, 0.2) is 77.3 Å². The number of hydrogen-bond donors (Lipinski definition) is 1. The second-order valence-corrected chi connectivity index (χ2v) is 7.56. The molecule has 0 aliphatic heterocycles. The number of carbonyl (C=O) groups is 1. The Morgan fingerprint density at radius 3 is 2.72 bits per heavy atom. The van der Waals surface area contributed by atoms with E-state index in [9.17, 15) is 4.79 Å². The molecule has 0 spiro atoms. The van der Waals surface area contributed by atoms with E-state index in [1.165, 1.54) is 0 Å². The highest BCUT2D eigenvalue weighted by molar-refractivity contribution is 9.10. The standard InChI is InChI=1S/C23H20BrN3O2/c1-29-19-9-5-7-17(13-19)23(28)25-14-22-26-20-10-2-3-11-21(20)27(22)15-16-6-4-8-18(24)12-16/h2-13H,14-15H2,1H3,(H,25,28). The molecule has 0 bridgehead atoms. The Bertz CT molecular complexity index is 1170. The van der Waals surface area contributed by atoms with Crippen molar-refractivity contribution in [3.63, 3.8) is 0 Å². The SMILES string of the molecule is COc1cccc(C(=O)NCc2nc3ccccc3n2Cc2cccc(Br)c2)c1. The second kappa shape index (κ2) is 8.49. The van der Waals surface area contributed by atoms with Crippen molar-refractivity contribution in [2.45, 2.75) is 13.1 Å². The Labute approximate surface area is 177 Å². The van der Waals surface area contributed by atoms with Crippen LogP contribution in [0.1, 0.15) is 21.7 Å². The zero-order valence-corrected chi connectivity index (χ0v) is 17.5. The van der Waals surface area contributed by atoms with Gasteiger partial charge in [0, 0.05) is 16.6 Å². The molecule has 1 N–H and O–H groups in total. The van der Waals surface area contributed by atoms with Gasteiger partial charge in [-0.1, -0.05) is 46.3 Å². The number of benzene rings is 3. The molecule has 0 saturated carbocycles. The Balaban J connectivity index is 1.60. The average Bonchev–Trinajstić information content (AvgIpc) is 3.09. The molecule has 6 heteroatoms. The van der Waals surface area contributed by atoms with Gasteiger partial charge in [-0.15, -0.1) is 0 Å². The zero-order valence-electron chi connectivity index (χ0n) is 15.9. The molecule has 0 unspecified atom stereocenters. The molecule has 0 fully saturated rings. The Morgan fingerprint density at radius 2 is 1.90 bits per heavy atom. The number of rotatable bonds is 6. The maximum atomic E-state index is 12.6. The molecule has 1 amide bonds. The summed E-state index contributed by atoms with van der Waals surface area (Å²) in [5.74, 6) is 1.30. The van der Waals surface area contributed by atoms with E-state index < -0.39 is 0 Å². The maximum absolute atomic E-state index is 12.6. The van der Waals surface area contributed by atoms with E-state index in [0.717, 1.165) is 26.9 Å². The topological polar surface area (TPSA) is 56.1 Å². The Hall–Kier alpha value is -3.12. The minimum Gasteiger partial charge on any atom is -0.497 e. The fourth-order valence-electron chi connectivity index (χ4n) is 3.28. The summed E-state index contributed by atoms with van der Waals surface area (Å²) in [4.78, 5) is 17.3. The molecule has 4 rings (SSSR count). The summed E-state index contributed by atoms with van der Waals surface area (Å²) in [5, 5.41) is 2.98. The van der Waals surface area contributed by atoms with Gasteiger partial charge < -0.3 is 14.6 Å². The van der Waals surface area contributed by atoms with Crippen LogP contribution in [-0.2, 0) is 13.1 Å². The number of hydrogen-bond acceptors (Lipinski definition) is 3. The monoisotopic (exact) mass is 449 g/mol. The van der Waals surface area contributed by atoms with Crippen molar-refractivity contribution < 1.29 is 9.53 Å². The van der Waals surface area contributed by atoms with Crippen molar-refractivity contribution in [2.24, 2.45) is 0 Å². The lowest BCUT2D eigenvalue weighted by molar-refractivity contribution is 0.0949. The third kappa shape index (κ3) is 4.32. The molecule has 0 radical (unpaired) electrons. The lowest BCUT2D eigenvalue weighted by atomic mass is 10.2. The average molecular weight is 450 g/mol. The third-order valence-electron chi connectivity index (χ3n) is 4.70. The van der Waals surface area contributed by atoms with Crippen LogP contribution in [0.4, 0.5) is 0 Å². The highest BCUT2D eigenvalue weighted by Gasteiger charge is 2.13. The number of nitrogens with one attached hydrogen (secondary N) is 1. The van der Waals surface area contributed by atoms with Gasteiger partial charge in [0.25, 0.3) is 5.91 Å². The second-order valence-electron chi connectivity index (χ2n) is 6.65. The molecule has 1 aromatic heterocycles. The summed E-state index contributed by atoms with van der Waals surface area (Å²) in [7, 11) is 1.58. The van der Waals surface area contributed by atoms with Crippen LogP contribution in [0.25, 0.3) is 11.0 Å². The third-order valence-corrected chi connectivity index (χ3v) is 5.20. The van der Waals surface area contributed by atoms with Gasteiger partial charge in [0.2, 0.25) is 0 Å². The van der Waals surface area contributed by atoms with Crippen LogP contribution >= 0.6 is 15.9 Å². The van der Waals surface area contributed by atoms with E-state index in [4.69, 9.17) is 9.72 Å². The molecule has 29 heavy (non-hydrogen) atoms. The van der Waals surface area contributed by atoms with E-state index in [1.54, 1.807) is 25.3 Å². The number of fused-ring (bicyclic) bond motifs is 1. The fourth-order valence-corrected chi connectivity index (χ4v) is 3.73. The largest absolute Gasteiger partial charge is 0.497 e. The first-order chi connectivity index (χ1) is 14.1. The summed E-state index contributed by atoms with van der Waals surface area (Å²) >= 11 is 3.53. The van der Waals surface area contributed by atoms with Crippen LogP contribution in [0.5, 0.6) is 5.75 Å². The van der Waals surface area contributed by atoms with Gasteiger partial charge in [0.15, 0.2) is 0 Å². The van der Waals surface area contributed by atoms with E-state index in [-0.39, 0.29) is 5.91 Å². The summed E-state index contributed by atoms with van der Waals surface area (Å²) in [5.41, 5.74) is 3.66. The number of imidazole rings is 1. The number of aromatic nitrogens is 2. The first-order valence-electron chi connectivity index (χ1n) is 9.25. The lowest BCUT2D eigenvalue weighted by Crippen LogP contribution is -2.25. The number of halogens is 1. The lowest BCUT2D eigenvalue weighted by Gasteiger charge is -2.11. The van der Waals surface area contributed by atoms with Crippen molar-refractivity contribution in [1.82, 2.24) is 14.9 Å². The summed E-state index contributed by atoms with van der Waals surface area (Å²) in [6, 6.07) is 23.3. The van der Waals surface area contributed by atoms with E-state index in [0.29, 0.717) is 24.4 Å². The van der Waals surface area contributed by atoms with Crippen LogP contribution in [0, 0.1) is 0 Å². The molecule has 0 aliphatic carbocycles. The van der Waals surface area contributed by atoms with Crippen LogP contribution < -0.4 is 10.1 Å². The first-order valence-corrected chi connectivity index (χ1v) is 10.0. The van der Waals surface area contributed by atoms with Gasteiger partial charge in [-0.25, -0.2) is 4.98 Å². The number of para-hydroxylation sites is 2. The van der Waals surface area contributed by atoms with Crippen molar-refractivity contribution >= 4 is 32.9 Å². The van der Waals surface area contributed by atoms with Gasteiger partial charge in [-0.2, -0.15) is 0 Å².